The summed E-state index contributed by atoms with van der Waals surface area (Å²) in [5.41, 5.74) is 12.8. The van der Waals surface area contributed by atoms with Gasteiger partial charge in [0.25, 0.3) is 0 Å². The third-order valence-electron chi connectivity index (χ3n) is 9.13. The van der Waals surface area contributed by atoms with Crippen molar-refractivity contribution in [3.8, 4) is 0 Å². The molecule has 202 valence electrons. The van der Waals surface area contributed by atoms with Crippen LogP contribution in [0.5, 0.6) is 0 Å². The van der Waals surface area contributed by atoms with Crippen molar-refractivity contribution in [1.82, 2.24) is 9.97 Å². The first kappa shape index (κ1) is 25.6. The quantitative estimate of drug-likeness (QED) is 0.256. The Labute approximate surface area is 229 Å². The normalized spacial score (nSPS) is 16.5. The highest BCUT2D eigenvalue weighted by Gasteiger charge is 2.23. The van der Waals surface area contributed by atoms with E-state index in [9.17, 15) is 0 Å². The summed E-state index contributed by atoms with van der Waals surface area (Å²) in [6, 6.07) is 8.67. The molecule has 0 saturated carbocycles. The van der Waals surface area contributed by atoms with Crippen molar-refractivity contribution in [1.29, 1.82) is 0 Å². The van der Waals surface area contributed by atoms with E-state index in [2.05, 4.69) is 34.9 Å². The number of benzene rings is 1. The first-order valence-corrected chi connectivity index (χ1v) is 15.8. The fourth-order valence-electron chi connectivity index (χ4n) is 7.08. The molecular weight excluding hydrogens is 464 g/mol. The van der Waals surface area contributed by atoms with Gasteiger partial charge in [0.15, 0.2) is 0 Å². The number of para-hydroxylation sites is 1. The zero-order chi connectivity index (χ0) is 25.6. The van der Waals surface area contributed by atoms with Crippen LogP contribution in [0.1, 0.15) is 111 Å². The second-order valence-electron chi connectivity index (χ2n) is 11.9. The fraction of sp³-hybridized carbons (Fsp3) is 0.588. The van der Waals surface area contributed by atoms with Gasteiger partial charge in [0.1, 0.15) is 0 Å². The van der Waals surface area contributed by atoms with Gasteiger partial charge in [-0.15, -0.1) is 0 Å². The molecule has 3 aromatic rings. The summed E-state index contributed by atoms with van der Waals surface area (Å²) in [6.07, 6.45) is 22.9. The lowest BCUT2D eigenvalue weighted by Gasteiger charge is -2.27. The van der Waals surface area contributed by atoms with E-state index >= 15 is 0 Å². The number of hydrogen-bond donors (Lipinski definition) is 2. The summed E-state index contributed by atoms with van der Waals surface area (Å²) < 4.78 is 0. The molecule has 0 aliphatic heterocycles. The predicted octanol–water partition coefficient (Wildman–Crippen LogP) is 8.13. The van der Waals surface area contributed by atoms with E-state index in [0.29, 0.717) is 0 Å². The maximum Gasteiger partial charge on any atom is 0.0726 e. The molecule has 4 heteroatoms. The summed E-state index contributed by atoms with van der Waals surface area (Å²) >= 11 is 0. The molecule has 0 atom stereocenters. The molecule has 2 aromatic heterocycles. The van der Waals surface area contributed by atoms with Crippen LogP contribution in [0.4, 0.5) is 11.4 Å². The van der Waals surface area contributed by atoms with Gasteiger partial charge in [0, 0.05) is 46.9 Å². The van der Waals surface area contributed by atoms with Gasteiger partial charge in [-0.1, -0.05) is 43.9 Å². The van der Waals surface area contributed by atoms with E-state index in [1.165, 1.54) is 149 Å². The van der Waals surface area contributed by atoms with Crippen LogP contribution < -0.4 is 10.6 Å². The summed E-state index contributed by atoms with van der Waals surface area (Å²) in [5, 5.41) is 9.06. The number of nitrogens with zero attached hydrogens (tertiary/aromatic N) is 2. The number of hydrogen-bond acceptors (Lipinski definition) is 4. The van der Waals surface area contributed by atoms with Gasteiger partial charge in [-0.25, -0.2) is 0 Å². The van der Waals surface area contributed by atoms with E-state index in [1.54, 1.807) is 11.1 Å². The predicted molar refractivity (Wildman–Crippen MR) is 161 cm³/mol. The van der Waals surface area contributed by atoms with Crippen molar-refractivity contribution < 1.29 is 0 Å². The molecule has 0 unspecified atom stereocenters. The average molecular weight is 511 g/mol. The minimum atomic E-state index is 1.07. The number of pyridine rings is 2. The molecule has 0 bridgehead atoms. The van der Waals surface area contributed by atoms with Crippen LogP contribution in [0, 0.1) is 0 Å². The first-order chi connectivity index (χ1) is 18.9. The Bertz CT molecular complexity index is 1210. The number of aromatic nitrogens is 2. The molecule has 3 aliphatic carbocycles. The highest BCUT2D eigenvalue weighted by Crippen LogP contribution is 2.36. The molecule has 0 radical (unpaired) electrons. The number of fused-ring (bicyclic) bond motifs is 4. The van der Waals surface area contributed by atoms with Gasteiger partial charge >= 0.3 is 0 Å². The molecule has 4 nitrogen and oxygen atoms in total. The van der Waals surface area contributed by atoms with Gasteiger partial charge in [-0.2, -0.15) is 0 Å². The molecule has 38 heavy (non-hydrogen) atoms. The van der Waals surface area contributed by atoms with Crippen LogP contribution in [0.2, 0.25) is 0 Å². The van der Waals surface area contributed by atoms with E-state index in [1.807, 2.05) is 0 Å². The molecule has 1 aromatic carbocycles. The first-order valence-electron chi connectivity index (χ1n) is 15.8. The topological polar surface area (TPSA) is 49.8 Å². The molecule has 0 fully saturated rings. The van der Waals surface area contributed by atoms with E-state index in [0.717, 1.165) is 25.0 Å². The molecule has 2 heterocycles. The fourth-order valence-corrected chi connectivity index (χ4v) is 7.08. The Balaban J connectivity index is 0.932. The Kier molecular flexibility index (Phi) is 8.43. The molecule has 3 aliphatic rings. The van der Waals surface area contributed by atoms with Crippen LogP contribution >= 0.6 is 0 Å². The van der Waals surface area contributed by atoms with Gasteiger partial charge < -0.3 is 10.6 Å². The number of aryl methyl sites for hydroxylation is 3. The van der Waals surface area contributed by atoms with Crippen molar-refractivity contribution in [2.75, 3.05) is 23.7 Å². The Morgan fingerprint density at radius 2 is 0.974 bits per heavy atom. The number of unbranched alkanes of at least 4 members (excludes halogenated alkanes) is 5. The van der Waals surface area contributed by atoms with Crippen molar-refractivity contribution in [3.05, 3.63) is 58.0 Å². The summed E-state index contributed by atoms with van der Waals surface area (Å²) in [6.45, 7) is 2.19. The molecular formula is C34H46N4. The standard InChI is InChI=1S/C34H46N4/c1(3-13-23-35-33-25-15-5-9-19-29(25)37-30-20-10-6-16-26(30)33)2-4-14-24-36-34-27-17-7-11-21-31(27)38-32-22-12-8-18-28(32)34/h5,9,15,19H,1-4,6-8,10-14,16-18,20-24H2,(H,35,37)(H,36,38). The highest BCUT2D eigenvalue weighted by molar-refractivity contribution is 5.93. The third kappa shape index (κ3) is 5.70. The van der Waals surface area contributed by atoms with Crippen LogP contribution in [-0.4, -0.2) is 23.1 Å². The lowest BCUT2D eigenvalue weighted by atomic mass is 9.87. The minimum Gasteiger partial charge on any atom is -0.384 e. The largest absolute Gasteiger partial charge is 0.384 e. The Morgan fingerprint density at radius 1 is 0.500 bits per heavy atom. The van der Waals surface area contributed by atoms with E-state index < -0.39 is 0 Å². The molecule has 6 rings (SSSR count). The second kappa shape index (κ2) is 12.5. The molecule has 2 N–H and O–H groups in total. The Morgan fingerprint density at radius 3 is 1.61 bits per heavy atom. The smallest absolute Gasteiger partial charge is 0.0726 e. The average Bonchev–Trinajstić information content (AvgIpc) is 2.97. The highest BCUT2D eigenvalue weighted by atomic mass is 14.9. The van der Waals surface area contributed by atoms with Crippen molar-refractivity contribution in [2.45, 2.75) is 116 Å². The van der Waals surface area contributed by atoms with Gasteiger partial charge in [0.2, 0.25) is 0 Å². The lowest BCUT2D eigenvalue weighted by molar-refractivity contribution is 0.607. The summed E-state index contributed by atoms with van der Waals surface area (Å²) in [5.74, 6) is 0. The molecule has 0 saturated heterocycles. The second-order valence-corrected chi connectivity index (χ2v) is 11.9. The minimum absolute atomic E-state index is 1.07. The zero-order valence-corrected chi connectivity index (χ0v) is 23.3. The van der Waals surface area contributed by atoms with Crippen LogP contribution in [0.3, 0.4) is 0 Å². The van der Waals surface area contributed by atoms with Crippen molar-refractivity contribution in [3.63, 3.8) is 0 Å². The zero-order valence-electron chi connectivity index (χ0n) is 23.3. The SMILES string of the molecule is c1ccc2c(NCCCCCCCCNc3c4c(nc5c3CCCC5)CCCC4)c3c(nc2c1)CCCC3. The lowest BCUT2D eigenvalue weighted by Crippen LogP contribution is -2.18. The van der Waals surface area contributed by atoms with Crippen LogP contribution in [-0.2, 0) is 38.5 Å². The van der Waals surface area contributed by atoms with Crippen molar-refractivity contribution >= 4 is 22.3 Å². The third-order valence-corrected chi connectivity index (χ3v) is 9.13. The van der Waals surface area contributed by atoms with Crippen molar-refractivity contribution in [2.24, 2.45) is 0 Å². The summed E-state index contributed by atoms with van der Waals surface area (Å²) in [7, 11) is 0. The monoisotopic (exact) mass is 510 g/mol. The van der Waals surface area contributed by atoms with E-state index in [4.69, 9.17) is 9.97 Å². The number of anilines is 2. The maximum absolute atomic E-state index is 5.11. The molecule has 0 amide bonds. The van der Waals surface area contributed by atoms with Gasteiger partial charge in [-0.3, -0.25) is 9.97 Å². The summed E-state index contributed by atoms with van der Waals surface area (Å²) in [4.78, 5) is 10.1. The van der Waals surface area contributed by atoms with Gasteiger partial charge in [-0.05, 0) is 113 Å². The van der Waals surface area contributed by atoms with Gasteiger partial charge in [0.05, 0.1) is 5.52 Å². The number of nitrogens with one attached hydrogen (secondary N) is 2. The molecule has 0 spiro atoms. The number of rotatable bonds is 11. The van der Waals surface area contributed by atoms with E-state index in [-0.39, 0.29) is 0 Å². The maximum atomic E-state index is 5.11. The Hall–Kier alpha value is -2.62. The van der Waals surface area contributed by atoms with Crippen LogP contribution in [0.15, 0.2) is 24.3 Å². The van der Waals surface area contributed by atoms with Crippen LogP contribution in [0.25, 0.3) is 10.9 Å².